The molecule has 0 spiro atoms. The third kappa shape index (κ3) is 5.64. The van der Waals surface area contributed by atoms with Crippen molar-refractivity contribution in [1.82, 2.24) is 0 Å². The molecule has 2 aromatic carbocycles. The molecule has 0 atom stereocenters. The van der Waals surface area contributed by atoms with E-state index in [1.807, 2.05) is 0 Å². The van der Waals surface area contributed by atoms with Crippen molar-refractivity contribution < 1.29 is 51.9 Å². The maximum atomic E-state index is 11.5. The van der Waals surface area contributed by atoms with Gasteiger partial charge in [0.2, 0.25) is 0 Å². The van der Waals surface area contributed by atoms with Gasteiger partial charge in [0.05, 0.1) is 9.79 Å². The van der Waals surface area contributed by atoms with Crippen molar-refractivity contribution in [3.05, 3.63) is 36.4 Å². The van der Waals surface area contributed by atoms with Gasteiger partial charge in [0.25, 0.3) is 40.5 Å². The smallest absolute Gasteiger partial charge is 0.282 e. The van der Waals surface area contributed by atoms with Crippen LogP contribution in [0.1, 0.15) is 0 Å². The highest BCUT2D eigenvalue weighted by Gasteiger charge is 2.23. The van der Waals surface area contributed by atoms with Crippen LogP contribution in [0.4, 0.5) is 11.4 Å². The van der Waals surface area contributed by atoms with Crippen LogP contribution in [0.25, 0.3) is 0 Å². The fraction of sp³-hybridized carbons (Fsp3) is 0. The second-order valence-electron chi connectivity index (χ2n) is 5.36. The van der Waals surface area contributed by atoms with Crippen LogP contribution >= 0.6 is 0 Å². The Labute approximate surface area is 169 Å². The summed E-state index contributed by atoms with van der Waals surface area (Å²) in [5.74, 6) is 0. The van der Waals surface area contributed by atoms with Crippen LogP contribution in [-0.2, 0) is 40.5 Å². The summed E-state index contributed by atoms with van der Waals surface area (Å²) in [5.41, 5.74) is -1.41. The topological polar surface area (TPSA) is 242 Å². The molecule has 18 heteroatoms. The number of benzene rings is 2. The number of azo groups is 1. The minimum Gasteiger partial charge on any atom is -0.282 e. The molecule has 30 heavy (non-hydrogen) atoms. The lowest BCUT2D eigenvalue weighted by Gasteiger charge is -2.06. The quantitative estimate of drug-likeness (QED) is 0.320. The van der Waals surface area contributed by atoms with Crippen LogP contribution in [-0.4, -0.2) is 51.9 Å². The van der Waals surface area contributed by atoms with Gasteiger partial charge in [-0.25, -0.2) is 0 Å². The van der Waals surface area contributed by atoms with Gasteiger partial charge in [-0.3, -0.25) is 18.2 Å². The zero-order valence-electron chi connectivity index (χ0n) is 14.0. The molecule has 0 fully saturated rings. The largest absolute Gasteiger partial charge is 0.296 e. The molecule has 0 bridgehead atoms. The molecule has 0 heterocycles. The number of hydrogen-bond acceptors (Lipinski definition) is 10. The second-order valence-corrected chi connectivity index (χ2v) is 11.0. The van der Waals surface area contributed by atoms with Gasteiger partial charge < -0.3 is 0 Å². The number of nitrogens with zero attached hydrogens (tertiary/aromatic N) is 2. The van der Waals surface area contributed by atoms with Crippen molar-refractivity contribution in [3.63, 3.8) is 0 Å². The highest BCUT2D eigenvalue weighted by Crippen LogP contribution is 2.32. The van der Waals surface area contributed by atoms with Crippen molar-refractivity contribution in [2.75, 3.05) is 0 Å². The van der Waals surface area contributed by atoms with Crippen molar-refractivity contribution in [2.24, 2.45) is 10.2 Å². The lowest BCUT2D eigenvalue weighted by Crippen LogP contribution is -2.04. The molecule has 0 unspecified atom stereocenters. The Balaban J connectivity index is 2.71. The highest BCUT2D eigenvalue weighted by molar-refractivity contribution is 7.87. The summed E-state index contributed by atoms with van der Waals surface area (Å²) in [6.45, 7) is 0. The molecule has 0 aliphatic heterocycles. The summed E-state index contributed by atoms with van der Waals surface area (Å²) in [6.07, 6.45) is 0. The van der Waals surface area contributed by atoms with E-state index in [-0.39, 0.29) is 0 Å². The van der Waals surface area contributed by atoms with Crippen LogP contribution in [0, 0.1) is 0 Å². The molecule has 0 aliphatic carbocycles. The van der Waals surface area contributed by atoms with Gasteiger partial charge in [0.1, 0.15) is 21.2 Å². The molecule has 2 aromatic rings. The van der Waals surface area contributed by atoms with E-state index in [2.05, 4.69) is 10.2 Å². The third-order valence-electron chi connectivity index (χ3n) is 3.28. The van der Waals surface area contributed by atoms with Crippen LogP contribution < -0.4 is 0 Å². The van der Waals surface area contributed by atoms with Gasteiger partial charge >= 0.3 is 0 Å². The van der Waals surface area contributed by atoms with Crippen molar-refractivity contribution >= 4 is 51.8 Å². The van der Waals surface area contributed by atoms with E-state index in [9.17, 15) is 42.8 Å². The van der Waals surface area contributed by atoms with E-state index < -0.39 is 71.4 Å². The molecule has 0 aliphatic rings. The summed E-state index contributed by atoms with van der Waals surface area (Å²) in [7, 11) is -19.9. The van der Waals surface area contributed by atoms with Crippen molar-refractivity contribution in [1.29, 1.82) is 0 Å². The fourth-order valence-corrected chi connectivity index (χ4v) is 4.46. The summed E-state index contributed by atoms with van der Waals surface area (Å²) in [6, 6.07) is 3.51. The fourth-order valence-electron chi connectivity index (χ4n) is 2.00. The van der Waals surface area contributed by atoms with Gasteiger partial charge in [0, 0.05) is 0 Å². The molecule has 0 aromatic heterocycles. The average molecular weight is 502 g/mol. The maximum absolute atomic E-state index is 11.5. The Hall–Kier alpha value is -2.32. The number of hydrogen-bond donors (Lipinski definition) is 4. The monoisotopic (exact) mass is 502 g/mol. The van der Waals surface area contributed by atoms with Crippen LogP contribution in [0.3, 0.4) is 0 Å². The van der Waals surface area contributed by atoms with Crippen molar-refractivity contribution in [3.8, 4) is 0 Å². The predicted octanol–water partition coefficient (Wildman–Crippen LogP) is 1.09. The Morgan fingerprint density at radius 2 is 0.800 bits per heavy atom. The van der Waals surface area contributed by atoms with E-state index in [1.54, 1.807) is 0 Å². The van der Waals surface area contributed by atoms with E-state index in [4.69, 9.17) is 9.11 Å². The average Bonchev–Trinajstić information content (AvgIpc) is 2.56. The zero-order chi connectivity index (χ0) is 23.1. The zero-order valence-corrected chi connectivity index (χ0v) is 17.3. The van der Waals surface area contributed by atoms with E-state index >= 15 is 0 Å². The Morgan fingerprint density at radius 1 is 0.500 bits per heavy atom. The first kappa shape index (κ1) is 24.0. The first-order valence-corrected chi connectivity index (χ1v) is 12.8. The van der Waals surface area contributed by atoms with E-state index in [1.165, 1.54) is 0 Å². The lowest BCUT2D eigenvalue weighted by atomic mass is 10.3. The second kappa shape index (κ2) is 7.74. The molecule has 4 N–H and O–H groups in total. The Morgan fingerprint density at radius 3 is 1.03 bits per heavy atom. The predicted molar refractivity (Wildman–Crippen MR) is 96.3 cm³/mol. The summed E-state index contributed by atoms with van der Waals surface area (Å²) in [5, 5.41) is 6.71. The summed E-state index contributed by atoms with van der Waals surface area (Å²) >= 11 is 0. The third-order valence-corrected chi connectivity index (χ3v) is 6.74. The van der Waals surface area contributed by atoms with Gasteiger partial charge in [-0.1, -0.05) is 0 Å². The molecular formula is C12H10N2O12S4. The van der Waals surface area contributed by atoms with Gasteiger partial charge in [-0.2, -0.15) is 33.7 Å². The molecule has 2 rings (SSSR count). The minimum atomic E-state index is -5.09. The summed E-state index contributed by atoms with van der Waals surface area (Å²) < 4.78 is 127. The van der Waals surface area contributed by atoms with E-state index in [0.717, 1.165) is 0 Å². The number of rotatable bonds is 6. The molecule has 164 valence electrons. The summed E-state index contributed by atoms with van der Waals surface area (Å²) in [4.78, 5) is -4.07. The van der Waals surface area contributed by atoms with Crippen molar-refractivity contribution in [2.45, 2.75) is 19.6 Å². The minimum absolute atomic E-state index is 0.351. The normalized spacial score (nSPS) is 13.6. The van der Waals surface area contributed by atoms with Gasteiger partial charge in [-0.05, 0) is 36.4 Å². The molecule has 14 nitrogen and oxygen atoms in total. The first-order valence-electron chi connectivity index (χ1n) is 7.00. The molecular weight excluding hydrogens is 492 g/mol. The molecule has 0 radical (unpaired) electrons. The highest BCUT2D eigenvalue weighted by atomic mass is 32.2. The first-order chi connectivity index (χ1) is 13.4. The lowest BCUT2D eigenvalue weighted by molar-refractivity contribution is 0.476. The van der Waals surface area contributed by atoms with Gasteiger partial charge in [-0.15, -0.1) is 10.2 Å². The standard InChI is InChI=1S/C12H10N2O12S4/c15-27(16,17)7-1-3-9(11(5-7)29(21,22)23)13-14-10-4-2-8(28(18,19)20)6-12(10)30(24,25)26/h1-6H,(H,15,16,17)(H,18,19,20)(H,21,22,23)(H,24,25,26). The maximum Gasteiger partial charge on any atom is 0.296 e. The van der Waals surface area contributed by atoms with Gasteiger partial charge in [0.15, 0.2) is 0 Å². The molecule has 0 amide bonds. The van der Waals surface area contributed by atoms with Crippen LogP contribution in [0.5, 0.6) is 0 Å². The van der Waals surface area contributed by atoms with Crippen LogP contribution in [0.15, 0.2) is 66.2 Å². The molecule has 0 saturated carbocycles. The van der Waals surface area contributed by atoms with E-state index in [0.29, 0.717) is 36.4 Å². The van der Waals surface area contributed by atoms with Crippen LogP contribution in [0.2, 0.25) is 0 Å². The molecule has 0 saturated heterocycles. The Bertz CT molecular complexity index is 1360. The Kier molecular flexibility index (Phi) is 6.18. The SMILES string of the molecule is O=S(=O)(O)c1ccc(N=Nc2ccc(S(=O)(=O)O)cc2S(=O)(=O)O)c(S(=O)(=O)O)c1.